The van der Waals surface area contributed by atoms with Crippen LogP contribution in [0.25, 0.3) is 0 Å². The molecule has 2 heterocycles. The maximum absolute atomic E-state index is 12.0. The Morgan fingerprint density at radius 3 is 2.88 bits per heavy atom. The first-order valence-electron chi connectivity index (χ1n) is 6.06. The molecule has 0 saturated carbocycles. The maximum atomic E-state index is 12.0. The molecule has 1 amide bonds. The van der Waals surface area contributed by atoms with E-state index in [0.29, 0.717) is 5.69 Å². The minimum absolute atomic E-state index is 0.0611. The van der Waals surface area contributed by atoms with Crippen LogP contribution in [-0.4, -0.2) is 46.8 Å². The zero-order valence-corrected chi connectivity index (χ0v) is 10.7. The molecule has 94 valence electrons. The van der Waals surface area contributed by atoms with Crippen LogP contribution in [0, 0.1) is 6.92 Å². The van der Waals surface area contributed by atoms with Gasteiger partial charge in [0.05, 0.1) is 0 Å². The van der Waals surface area contributed by atoms with Gasteiger partial charge in [-0.15, -0.1) is 0 Å². The molecule has 5 nitrogen and oxygen atoms in total. The van der Waals surface area contributed by atoms with Gasteiger partial charge in [-0.05, 0) is 39.4 Å². The van der Waals surface area contributed by atoms with Crippen molar-refractivity contribution in [2.45, 2.75) is 25.8 Å². The monoisotopic (exact) mass is 236 g/mol. The molecule has 1 fully saturated rings. The van der Waals surface area contributed by atoms with Crippen molar-refractivity contribution in [2.75, 3.05) is 20.1 Å². The molecule has 0 radical (unpaired) electrons. The standard InChI is InChI=1S/C12H20N4O/c1-9-7-11(14-16(9)3)12(17)13-10-5-4-6-15(2)8-10/h7,10H,4-6,8H2,1-3H3,(H,13,17)/t10-/m1/s1. The van der Waals surface area contributed by atoms with E-state index in [0.717, 1.165) is 31.6 Å². The molecule has 1 atom stereocenters. The Morgan fingerprint density at radius 1 is 1.53 bits per heavy atom. The summed E-state index contributed by atoms with van der Waals surface area (Å²) in [7, 11) is 3.93. The SMILES string of the molecule is Cc1cc(C(=O)N[C@@H]2CCCN(C)C2)nn1C. The maximum Gasteiger partial charge on any atom is 0.272 e. The fraction of sp³-hybridized carbons (Fsp3) is 0.667. The molecule has 1 aliphatic rings. The lowest BCUT2D eigenvalue weighted by Gasteiger charge is -2.29. The molecule has 0 aliphatic carbocycles. The molecule has 1 aromatic heterocycles. The molecular weight excluding hydrogens is 216 g/mol. The third-order valence-corrected chi connectivity index (χ3v) is 3.31. The molecule has 0 bridgehead atoms. The third-order valence-electron chi connectivity index (χ3n) is 3.31. The lowest BCUT2D eigenvalue weighted by Crippen LogP contribution is -2.46. The Kier molecular flexibility index (Phi) is 3.47. The highest BCUT2D eigenvalue weighted by atomic mass is 16.2. The number of piperidine rings is 1. The number of aryl methyl sites for hydroxylation is 2. The van der Waals surface area contributed by atoms with Gasteiger partial charge < -0.3 is 10.2 Å². The van der Waals surface area contributed by atoms with Crippen molar-refractivity contribution >= 4 is 5.91 Å². The van der Waals surface area contributed by atoms with Crippen LogP contribution >= 0.6 is 0 Å². The van der Waals surface area contributed by atoms with Crippen LogP contribution < -0.4 is 5.32 Å². The number of likely N-dealkylation sites (N-methyl/N-ethyl adjacent to an activating group) is 1. The van der Waals surface area contributed by atoms with Crippen LogP contribution in [0.5, 0.6) is 0 Å². The first-order chi connectivity index (χ1) is 8.06. The first kappa shape index (κ1) is 12.1. The number of nitrogens with zero attached hydrogens (tertiary/aromatic N) is 3. The molecule has 1 N–H and O–H groups in total. The average molecular weight is 236 g/mol. The summed E-state index contributed by atoms with van der Waals surface area (Å²) in [6.07, 6.45) is 2.20. The first-order valence-corrected chi connectivity index (χ1v) is 6.06. The van der Waals surface area contributed by atoms with Crippen LogP contribution in [0.2, 0.25) is 0 Å². The molecule has 2 rings (SSSR count). The fourth-order valence-electron chi connectivity index (χ4n) is 2.22. The van der Waals surface area contributed by atoms with E-state index in [1.165, 1.54) is 0 Å². The summed E-state index contributed by atoms with van der Waals surface area (Å²) < 4.78 is 1.72. The van der Waals surface area contributed by atoms with Crippen LogP contribution in [0.3, 0.4) is 0 Å². The zero-order chi connectivity index (χ0) is 12.4. The van der Waals surface area contributed by atoms with E-state index in [-0.39, 0.29) is 11.9 Å². The van der Waals surface area contributed by atoms with E-state index in [2.05, 4.69) is 22.4 Å². The van der Waals surface area contributed by atoms with Crippen molar-refractivity contribution < 1.29 is 4.79 Å². The van der Waals surface area contributed by atoms with Crippen molar-refractivity contribution in [1.82, 2.24) is 20.0 Å². The van der Waals surface area contributed by atoms with Crippen molar-refractivity contribution in [3.63, 3.8) is 0 Å². The van der Waals surface area contributed by atoms with E-state index >= 15 is 0 Å². The summed E-state index contributed by atoms with van der Waals surface area (Å²) in [6.45, 7) is 3.99. The van der Waals surface area contributed by atoms with Crippen molar-refractivity contribution in [3.8, 4) is 0 Å². The summed E-state index contributed by atoms with van der Waals surface area (Å²) >= 11 is 0. The van der Waals surface area contributed by atoms with Gasteiger partial charge in [0.1, 0.15) is 5.69 Å². The van der Waals surface area contributed by atoms with Gasteiger partial charge in [0.15, 0.2) is 0 Å². The van der Waals surface area contributed by atoms with E-state index in [4.69, 9.17) is 0 Å². The summed E-state index contributed by atoms with van der Waals surface area (Å²) in [5.41, 5.74) is 1.51. The largest absolute Gasteiger partial charge is 0.347 e. The normalized spacial score (nSPS) is 21.5. The Bertz CT molecular complexity index is 393. The minimum Gasteiger partial charge on any atom is -0.347 e. The molecule has 1 aromatic rings. The summed E-state index contributed by atoms with van der Waals surface area (Å²) in [4.78, 5) is 14.2. The molecule has 1 saturated heterocycles. The Morgan fingerprint density at radius 2 is 2.29 bits per heavy atom. The van der Waals surface area contributed by atoms with E-state index in [1.54, 1.807) is 4.68 Å². The number of hydrogen-bond acceptors (Lipinski definition) is 3. The smallest absolute Gasteiger partial charge is 0.272 e. The Labute approximate surface area is 102 Å². The molecule has 0 aromatic carbocycles. The summed E-state index contributed by atoms with van der Waals surface area (Å²) in [5, 5.41) is 7.24. The number of aromatic nitrogens is 2. The highest BCUT2D eigenvalue weighted by Gasteiger charge is 2.20. The number of amides is 1. The van der Waals surface area contributed by atoms with Gasteiger partial charge >= 0.3 is 0 Å². The molecule has 17 heavy (non-hydrogen) atoms. The van der Waals surface area contributed by atoms with Crippen molar-refractivity contribution in [1.29, 1.82) is 0 Å². The highest BCUT2D eigenvalue weighted by Crippen LogP contribution is 2.09. The predicted molar refractivity (Wildman–Crippen MR) is 65.9 cm³/mol. The van der Waals surface area contributed by atoms with Gasteiger partial charge in [-0.1, -0.05) is 0 Å². The minimum atomic E-state index is -0.0611. The van der Waals surface area contributed by atoms with Crippen molar-refractivity contribution in [2.24, 2.45) is 7.05 Å². The van der Waals surface area contributed by atoms with E-state index < -0.39 is 0 Å². The molecular formula is C12H20N4O. The van der Waals surface area contributed by atoms with E-state index in [9.17, 15) is 4.79 Å². The van der Waals surface area contributed by atoms with Gasteiger partial charge in [-0.3, -0.25) is 9.48 Å². The number of likely N-dealkylation sites (tertiary alicyclic amines) is 1. The van der Waals surface area contributed by atoms with Crippen LogP contribution in [0.15, 0.2) is 6.07 Å². The number of carbonyl (C=O) groups is 1. The highest BCUT2D eigenvalue weighted by molar-refractivity contribution is 5.92. The molecule has 0 spiro atoms. The summed E-state index contributed by atoms with van der Waals surface area (Å²) in [5.74, 6) is -0.0611. The molecule has 0 unspecified atom stereocenters. The second-order valence-corrected chi connectivity index (χ2v) is 4.87. The quantitative estimate of drug-likeness (QED) is 0.816. The lowest BCUT2D eigenvalue weighted by molar-refractivity contribution is 0.0906. The number of nitrogens with one attached hydrogen (secondary N) is 1. The number of hydrogen-bond donors (Lipinski definition) is 1. The van der Waals surface area contributed by atoms with Gasteiger partial charge in [0, 0.05) is 25.3 Å². The van der Waals surface area contributed by atoms with Crippen LogP contribution in [0.1, 0.15) is 29.0 Å². The lowest BCUT2D eigenvalue weighted by atomic mass is 10.1. The topological polar surface area (TPSA) is 50.2 Å². The second kappa shape index (κ2) is 4.87. The second-order valence-electron chi connectivity index (χ2n) is 4.87. The van der Waals surface area contributed by atoms with Gasteiger partial charge in [-0.2, -0.15) is 5.10 Å². The third kappa shape index (κ3) is 2.85. The average Bonchev–Trinajstić information content (AvgIpc) is 2.59. The van der Waals surface area contributed by atoms with Crippen LogP contribution in [0.4, 0.5) is 0 Å². The number of rotatable bonds is 2. The van der Waals surface area contributed by atoms with Gasteiger partial charge in [0.25, 0.3) is 5.91 Å². The Balaban J connectivity index is 1.96. The van der Waals surface area contributed by atoms with Gasteiger partial charge in [-0.25, -0.2) is 0 Å². The number of carbonyl (C=O) groups excluding carboxylic acids is 1. The zero-order valence-electron chi connectivity index (χ0n) is 10.7. The molecule has 5 heteroatoms. The van der Waals surface area contributed by atoms with Gasteiger partial charge in [0.2, 0.25) is 0 Å². The fourth-order valence-corrected chi connectivity index (χ4v) is 2.22. The summed E-state index contributed by atoms with van der Waals surface area (Å²) in [6, 6.07) is 2.07. The van der Waals surface area contributed by atoms with Crippen LogP contribution in [-0.2, 0) is 7.05 Å². The predicted octanol–water partition coefficient (Wildman–Crippen LogP) is 0.553. The Hall–Kier alpha value is -1.36. The molecule has 1 aliphatic heterocycles. The van der Waals surface area contributed by atoms with Crippen molar-refractivity contribution in [3.05, 3.63) is 17.5 Å². The van der Waals surface area contributed by atoms with E-state index in [1.807, 2.05) is 20.0 Å².